The van der Waals surface area contributed by atoms with Crippen molar-refractivity contribution in [1.29, 1.82) is 0 Å². The lowest BCUT2D eigenvalue weighted by Gasteiger charge is -2.19. The van der Waals surface area contributed by atoms with E-state index < -0.39 is 5.92 Å². The van der Waals surface area contributed by atoms with Crippen LogP contribution in [0.5, 0.6) is 5.75 Å². The predicted octanol–water partition coefficient (Wildman–Crippen LogP) is 4.09. The van der Waals surface area contributed by atoms with Crippen LogP contribution in [0.1, 0.15) is 17.0 Å². The van der Waals surface area contributed by atoms with E-state index in [-0.39, 0.29) is 17.4 Å². The number of rotatable bonds is 8. The number of aromatic nitrogens is 2. The quantitative estimate of drug-likeness (QED) is 0.305. The smallest absolute Gasteiger partial charge is 0.250 e. The van der Waals surface area contributed by atoms with Gasteiger partial charge in [0.25, 0.3) is 0 Å². The molecule has 8 nitrogen and oxygen atoms in total. The molecule has 0 atom stereocenters. The van der Waals surface area contributed by atoms with E-state index in [9.17, 15) is 4.79 Å². The number of benzene rings is 3. The van der Waals surface area contributed by atoms with E-state index >= 15 is 0 Å². The number of hydrogen-bond donors (Lipinski definition) is 4. The Balaban J connectivity index is 1.52. The Kier molecular flexibility index (Phi) is 6.65. The van der Waals surface area contributed by atoms with Crippen molar-refractivity contribution in [2.24, 2.45) is 0 Å². The fraction of sp³-hybridized carbons (Fsp3) is 0.0800. The molecule has 0 aliphatic heterocycles. The lowest BCUT2D eigenvalue weighted by atomic mass is 9.91. The Morgan fingerprint density at radius 1 is 0.879 bits per heavy atom. The van der Waals surface area contributed by atoms with Crippen LogP contribution in [0.2, 0.25) is 0 Å². The summed E-state index contributed by atoms with van der Waals surface area (Å²) >= 11 is 0. The first-order valence-electron chi connectivity index (χ1n) is 10.3. The van der Waals surface area contributed by atoms with Crippen molar-refractivity contribution in [3.05, 3.63) is 102 Å². The molecule has 4 rings (SSSR count). The molecule has 0 fully saturated rings. The minimum atomic E-state index is -0.502. The first kappa shape index (κ1) is 21.6. The van der Waals surface area contributed by atoms with Crippen molar-refractivity contribution in [3.63, 3.8) is 0 Å². The number of hydrazine groups is 1. The SMILES string of the molecule is COc1cccc(Nc2ncnc(NNC(=O)C(c3ccccc3)c3ccccc3)c2N)c1. The van der Waals surface area contributed by atoms with Gasteiger partial charge in [-0.1, -0.05) is 66.7 Å². The summed E-state index contributed by atoms with van der Waals surface area (Å²) in [5.41, 5.74) is 14.6. The topological polar surface area (TPSA) is 114 Å². The summed E-state index contributed by atoms with van der Waals surface area (Å²) < 4.78 is 5.24. The van der Waals surface area contributed by atoms with Gasteiger partial charge in [0.15, 0.2) is 11.6 Å². The van der Waals surface area contributed by atoms with Crippen molar-refractivity contribution in [2.45, 2.75) is 5.92 Å². The molecule has 0 radical (unpaired) electrons. The van der Waals surface area contributed by atoms with Crippen molar-refractivity contribution in [1.82, 2.24) is 15.4 Å². The zero-order valence-corrected chi connectivity index (χ0v) is 18.0. The van der Waals surface area contributed by atoms with Crippen LogP contribution in [0.4, 0.5) is 23.0 Å². The molecule has 0 bridgehead atoms. The molecule has 3 aromatic carbocycles. The number of anilines is 4. The molecular formula is C25H24N6O2. The number of nitrogens with zero attached hydrogens (tertiary/aromatic N) is 2. The zero-order chi connectivity index (χ0) is 23.0. The van der Waals surface area contributed by atoms with Gasteiger partial charge in [-0.2, -0.15) is 0 Å². The highest BCUT2D eigenvalue weighted by molar-refractivity contribution is 5.89. The van der Waals surface area contributed by atoms with Gasteiger partial charge in [-0.15, -0.1) is 0 Å². The summed E-state index contributed by atoms with van der Waals surface area (Å²) in [6, 6.07) is 26.5. The van der Waals surface area contributed by atoms with Gasteiger partial charge in [0, 0.05) is 11.8 Å². The molecule has 0 saturated heterocycles. The number of hydrogen-bond acceptors (Lipinski definition) is 7. The molecule has 1 heterocycles. The first-order chi connectivity index (χ1) is 16.2. The number of ether oxygens (including phenoxy) is 1. The Hall–Kier alpha value is -4.59. The Morgan fingerprint density at radius 3 is 2.15 bits per heavy atom. The largest absolute Gasteiger partial charge is 0.497 e. The summed E-state index contributed by atoms with van der Waals surface area (Å²) in [4.78, 5) is 21.6. The van der Waals surface area contributed by atoms with Crippen molar-refractivity contribution < 1.29 is 9.53 Å². The summed E-state index contributed by atoms with van der Waals surface area (Å²) in [5, 5.41) is 3.14. The van der Waals surface area contributed by atoms with E-state index in [1.54, 1.807) is 7.11 Å². The second kappa shape index (κ2) is 10.1. The van der Waals surface area contributed by atoms with Crippen LogP contribution < -0.4 is 26.6 Å². The lowest BCUT2D eigenvalue weighted by Crippen LogP contribution is -2.35. The molecule has 0 spiro atoms. The molecule has 0 aliphatic carbocycles. The maximum absolute atomic E-state index is 13.2. The molecule has 1 aromatic heterocycles. The maximum Gasteiger partial charge on any atom is 0.250 e. The third-order valence-corrected chi connectivity index (χ3v) is 5.05. The number of amides is 1. The number of nitrogens with one attached hydrogen (secondary N) is 3. The number of nitrogen functional groups attached to an aromatic ring is 1. The molecule has 4 aromatic rings. The van der Waals surface area contributed by atoms with Gasteiger partial charge in [-0.25, -0.2) is 9.97 Å². The van der Waals surface area contributed by atoms with E-state index in [4.69, 9.17) is 10.5 Å². The summed E-state index contributed by atoms with van der Waals surface area (Å²) in [5.74, 6) is 0.637. The van der Waals surface area contributed by atoms with Crippen LogP contribution in [0.3, 0.4) is 0 Å². The van der Waals surface area contributed by atoms with E-state index in [2.05, 4.69) is 26.1 Å². The van der Waals surface area contributed by atoms with Crippen LogP contribution in [-0.2, 0) is 4.79 Å². The molecule has 166 valence electrons. The number of methoxy groups -OCH3 is 1. The number of carbonyl (C=O) groups excluding carboxylic acids is 1. The monoisotopic (exact) mass is 440 g/mol. The highest BCUT2D eigenvalue weighted by Crippen LogP contribution is 2.28. The first-order valence-corrected chi connectivity index (χ1v) is 10.3. The van der Waals surface area contributed by atoms with E-state index in [1.807, 2.05) is 84.9 Å². The standard InChI is InChI=1S/C25H24N6O2/c1-33-20-14-8-13-19(15-20)29-23-22(26)24(28-16-27-23)30-31-25(32)21(17-9-4-2-5-10-17)18-11-6-3-7-12-18/h2-16,21H,26H2,1H3,(H,31,32)(H2,27,28,29,30). The van der Waals surface area contributed by atoms with Crippen molar-refractivity contribution in [2.75, 3.05) is 23.6 Å². The zero-order valence-electron chi connectivity index (χ0n) is 18.0. The van der Waals surface area contributed by atoms with Gasteiger partial charge >= 0.3 is 0 Å². The molecule has 8 heteroatoms. The van der Waals surface area contributed by atoms with Gasteiger partial charge in [0.2, 0.25) is 5.91 Å². The minimum Gasteiger partial charge on any atom is -0.497 e. The van der Waals surface area contributed by atoms with Crippen LogP contribution in [0, 0.1) is 0 Å². The van der Waals surface area contributed by atoms with E-state index in [1.165, 1.54) is 6.33 Å². The second-order valence-corrected chi connectivity index (χ2v) is 7.21. The third-order valence-electron chi connectivity index (χ3n) is 5.05. The normalized spacial score (nSPS) is 10.5. The number of carbonyl (C=O) groups is 1. The van der Waals surface area contributed by atoms with Crippen LogP contribution in [-0.4, -0.2) is 23.0 Å². The minimum absolute atomic E-state index is 0.243. The molecule has 5 N–H and O–H groups in total. The Bertz CT molecular complexity index is 1180. The Morgan fingerprint density at radius 2 is 1.52 bits per heavy atom. The number of nitrogens with two attached hydrogens (primary N) is 1. The Labute approximate surface area is 191 Å². The van der Waals surface area contributed by atoms with Gasteiger partial charge in [-0.05, 0) is 23.3 Å². The molecule has 33 heavy (non-hydrogen) atoms. The molecule has 0 unspecified atom stereocenters. The molecular weight excluding hydrogens is 416 g/mol. The molecule has 0 aliphatic rings. The second-order valence-electron chi connectivity index (χ2n) is 7.21. The van der Waals surface area contributed by atoms with Crippen LogP contribution in [0.25, 0.3) is 0 Å². The summed E-state index contributed by atoms with van der Waals surface area (Å²) in [6.07, 6.45) is 1.36. The lowest BCUT2D eigenvalue weighted by molar-refractivity contribution is -0.121. The summed E-state index contributed by atoms with van der Waals surface area (Å²) in [7, 11) is 1.60. The highest BCUT2D eigenvalue weighted by Gasteiger charge is 2.23. The van der Waals surface area contributed by atoms with E-state index in [0.29, 0.717) is 11.6 Å². The van der Waals surface area contributed by atoms with Gasteiger partial charge in [-0.3, -0.25) is 15.6 Å². The van der Waals surface area contributed by atoms with Gasteiger partial charge < -0.3 is 15.8 Å². The third kappa shape index (κ3) is 5.19. The van der Waals surface area contributed by atoms with Gasteiger partial charge in [0.1, 0.15) is 17.8 Å². The van der Waals surface area contributed by atoms with Crippen molar-refractivity contribution in [3.8, 4) is 5.75 Å². The van der Waals surface area contributed by atoms with Crippen LogP contribution >= 0.6 is 0 Å². The van der Waals surface area contributed by atoms with E-state index in [0.717, 1.165) is 16.8 Å². The average Bonchev–Trinajstić information content (AvgIpc) is 2.86. The molecule has 0 saturated carbocycles. The predicted molar refractivity (Wildman–Crippen MR) is 129 cm³/mol. The maximum atomic E-state index is 13.2. The summed E-state index contributed by atoms with van der Waals surface area (Å²) in [6.45, 7) is 0. The van der Waals surface area contributed by atoms with Crippen LogP contribution in [0.15, 0.2) is 91.3 Å². The highest BCUT2D eigenvalue weighted by atomic mass is 16.5. The van der Waals surface area contributed by atoms with Crippen molar-refractivity contribution >= 4 is 28.9 Å². The van der Waals surface area contributed by atoms with Gasteiger partial charge in [0.05, 0.1) is 13.0 Å². The molecule has 1 amide bonds. The fourth-order valence-electron chi connectivity index (χ4n) is 3.41. The fourth-order valence-corrected chi connectivity index (χ4v) is 3.41. The average molecular weight is 441 g/mol.